The molecule has 2 aliphatic rings. The molecule has 4 nitrogen and oxygen atoms in total. The number of anilines is 1. The molecule has 1 N–H and O–H groups in total. The van der Waals surface area contributed by atoms with Gasteiger partial charge in [0.25, 0.3) is 0 Å². The van der Waals surface area contributed by atoms with E-state index in [0.29, 0.717) is 38.4 Å². The number of Topliss-reactive ketones (excluding diaryl/α,β-unsaturated/α-hetero) is 1. The van der Waals surface area contributed by atoms with Crippen LogP contribution in [0.15, 0.2) is 103 Å². The maximum Gasteiger partial charge on any atom is 0.239 e. The Balaban J connectivity index is 1.56. The lowest BCUT2D eigenvalue weighted by atomic mass is 9.61. The summed E-state index contributed by atoms with van der Waals surface area (Å²) in [5.41, 5.74) is 2.19. The average Bonchev–Trinajstić information content (AvgIpc) is 3.16. The summed E-state index contributed by atoms with van der Waals surface area (Å²) >= 11 is 12.6. The summed E-state index contributed by atoms with van der Waals surface area (Å²) in [7, 11) is 0. The number of allylic oxidation sites excluding steroid dienone is 1. The molecule has 2 atom stereocenters. The smallest absolute Gasteiger partial charge is 0.239 e. The van der Waals surface area contributed by atoms with Crippen LogP contribution in [0.3, 0.4) is 0 Å². The predicted octanol–water partition coefficient (Wildman–Crippen LogP) is 7.82. The highest BCUT2D eigenvalue weighted by atomic mass is 35.5. The van der Waals surface area contributed by atoms with Gasteiger partial charge in [0.15, 0.2) is 5.78 Å². The van der Waals surface area contributed by atoms with Gasteiger partial charge in [-0.2, -0.15) is 0 Å². The SMILES string of the molecule is O=C1C[C@@H](c2cccc(Cl)c2)[C@@]2(C=C1c1ccccc1Oc1ccccc1)C(=O)Nc1cc(Cl)ccc12. The van der Waals surface area contributed by atoms with Gasteiger partial charge in [-0.25, -0.2) is 0 Å². The van der Waals surface area contributed by atoms with E-state index in [1.54, 1.807) is 18.2 Å². The van der Waals surface area contributed by atoms with Crippen molar-refractivity contribution >= 4 is 46.2 Å². The van der Waals surface area contributed by atoms with Crippen molar-refractivity contribution in [2.45, 2.75) is 17.8 Å². The van der Waals surface area contributed by atoms with E-state index < -0.39 is 11.3 Å². The van der Waals surface area contributed by atoms with Crippen LogP contribution in [-0.4, -0.2) is 11.7 Å². The fourth-order valence-electron chi connectivity index (χ4n) is 5.41. The maximum atomic E-state index is 13.9. The van der Waals surface area contributed by atoms with Crippen molar-refractivity contribution < 1.29 is 14.3 Å². The topological polar surface area (TPSA) is 55.4 Å². The zero-order valence-corrected chi connectivity index (χ0v) is 21.1. The summed E-state index contributed by atoms with van der Waals surface area (Å²) in [5.74, 6) is 0.464. The third-order valence-electron chi connectivity index (χ3n) is 7.06. The number of carbonyl (C=O) groups excluding carboxylic acids is 2. The molecule has 0 unspecified atom stereocenters. The molecular formula is C31H21Cl2NO3. The van der Waals surface area contributed by atoms with Crippen LogP contribution in [0.4, 0.5) is 5.69 Å². The van der Waals surface area contributed by atoms with Gasteiger partial charge in [-0.3, -0.25) is 9.59 Å². The molecule has 1 heterocycles. The van der Waals surface area contributed by atoms with Gasteiger partial charge in [0.2, 0.25) is 5.91 Å². The van der Waals surface area contributed by atoms with Crippen LogP contribution in [-0.2, 0) is 15.0 Å². The number of nitrogens with one attached hydrogen (secondary N) is 1. The second-order valence-corrected chi connectivity index (χ2v) is 10.1. The molecule has 0 aromatic heterocycles. The Morgan fingerprint density at radius 1 is 0.811 bits per heavy atom. The second kappa shape index (κ2) is 9.22. The number of ketones is 1. The number of ether oxygens (including phenoxy) is 1. The number of fused-ring (bicyclic) bond motifs is 2. The minimum Gasteiger partial charge on any atom is -0.457 e. The van der Waals surface area contributed by atoms with Crippen molar-refractivity contribution in [3.8, 4) is 11.5 Å². The summed E-state index contributed by atoms with van der Waals surface area (Å²) in [6.07, 6.45) is 1.94. The number of amides is 1. The minimum atomic E-state index is -1.13. The Hall–Kier alpha value is -3.86. The molecule has 4 aromatic carbocycles. The van der Waals surface area contributed by atoms with Crippen molar-refractivity contribution in [1.82, 2.24) is 0 Å². The number of hydrogen-bond donors (Lipinski definition) is 1. The first-order chi connectivity index (χ1) is 18.0. The maximum absolute atomic E-state index is 13.9. The molecule has 37 heavy (non-hydrogen) atoms. The molecule has 1 spiro atoms. The lowest BCUT2D eigenvalue weighted by Crippen LogP contribution is -2.43. The van der Waals surface area contributed by atoms with Crippen molar-refractivity contribution in [3.63, 3.8) is 0 Å². The van der Waals surface area contributed by atoms with Crippen LogP contribution in [0.25, 0.3) is 5.57 Å². The molecule has 1 amide bonds. The molecule has 6 heteroatoms. The normalized spacial score (nSPS) is 20.4. The molecule has 1 aliphatic heterocycles. The van der Waals surface area contributed by atoms with Crippen LogP contribution in [0.2, 0.25) is 10.0 Å². The second-order valence-electron chi connectivity index (χ2n) is 9.22. The van der Waals surface area contributed by atoms with E-state index >= 15 is 0 Å². The zero-order chi connectivity index (χ0) is 25.6. The Labute approximate surface area is 224 Å². The van der Waals surface area contributed by atoms with E-state index in [-0.39, 0.29) is 18.1 Å². The molecule has 0 saturated heterocycles. The van der Waals surface area contributed by atoms with Crippen LogP contribution in [0, 0.1) is 0 Å². The highest BCUT2D eigenvalue weighted by Gasteiger charge is 2.54. The summed E-state index contributed by atoms with van der Waals surface area (Å²) in [4.78, 5) is 27.6. The van der Waals surface area contributed by atoms with E-state index in [4.69, 9.17) is 27.9 Å². The van der Waals surface area contributed by atoms with Crippen LogP contribution in [0.5, 0.6) is 11.5 Å². The first-order valence-electron chi connectivity index (χ1n) is 11.9. The van der Waals surface area contributed by atoms with Crippen LogP contribution in [0.1, 0.15) is 29.0 Å². The number of rotatable bonds is 4. The molecule has 4 aromatic rings. The van der Waals surface area contributed by atoms with E-state index in [2.05, 4.69) is 5.32 Å². The number of hydrogen-bond acceptors (Lipinski definition) is 3. The first kappa shape index (κ1) is 23.5. The first-order valence-corrected chi connectivity index (χ1v) is 12.7. The predicted molar refractivity (Wildman–Crippen MR) is 147 cm³/mol. The largest absolute Gasteiger partial charge is 0.457 e. The Morgan fingerprint density at radius 2 is 1.57 bits per heavy atom. The van der Waals surface area contributed by atoms with Gasteiger partial charge in [0.05, 0.1) is 0 Å². The number of para-hydroxylation sites is 2. The summed E-state index contributed by atoms with van der Waals surface area (Å²) in [6, 6.07) is 29.5. The highest BCUT2D eigenvalue weighted by Crippen LogP contribution is 2.55. The summed E-state index contributed by atoms with van der Waals surface area (Å²) < 4.78 is 6.17. The third kappa shape index (κ3) is 4.03. The molecule has 1 aliphatic carbocycles. The standard InChI is InChI=1S/C31H21Cl2NO3/c32-20-8-6-7-19(15-20)26-17-28(35)24(18-31(26)25-14-13-21(33)16-27(25)34-30(31)36)23-11-4-5-12-29(23)37-22-9-2-1-3-10-22/h1-16,18,26H,17H2,(H,34,36)/t26-,31-/m0/s1. The Morgan fingerprint density at radius 3 is 2.38 bits per heavy atom. The molecule has 0 saturated carbocycles. The average molecular weight is 526 g/mol. The van der Waals surface area contributed by atoms with E-state index in [1.807, 2.05) is 84.9 Å². The fraction of sp³-hybridized carbons (Fsp3) is 0.0968. The quantitative estimate of drug-likeness (QED) is 0.295. The van der Waals surface area contributed by atoms with Gasteiger partial charge < -0.3 is 10.1 Å². The molecule has 0 radical (unpaired) electrons. The van der Waals surface area contributed by atoms with Crippen LogP contribution >= 0.6 is 23.2 Å². The van der Waals surface area contributed by atoms with Gasteiger partial charge in [-0.15, -0.1) is 0 Å². The monoisotopic (exact) mass is 525 g/mol. The van der Waals surface area contributed by atoms with Gasteiger partial charge in [-0.1, -0.05) is 83.9 Å². The summed E-state index contributed by atoms with van der Waals surface area (Å²) in [5, 5.41) is 4.08. The number of benzene rings is 4. The summed E-state index contributed by atoms with van der Waals surface area (Å²) in [6.45, 7) is 0. The van der Waals surface area contributed by atoms with Gasteiger partial charge in [0.1, 0.15) is 16.9 Å². The molecule has 0 fully saturated rings. The Bertz CT molecular complexity index is 1580. The molecule has 0 bridgehead atoms. The van der Waals surface area contributed by atoms with Crippen molar-refractivity contribution in [1.29, 1.82) is 0 Å². The van der Waals surface area contributed by atoms with Gasteiger partial charge in [0, 0.05) is 39.2 Å². The fourth-order valence-corrected chi connectivity index (χ4v) is 5.78. The lowest BCUT2D eigenvalue weighted by molar-refractivity contribution is -0.121. The van der Waals surface area contributed by atoms with E-state index in [9.17, 15) is 9.59 Å². The number of halogens is 2. The molecule has 6 rings (SSSR count). The third-order valence-corrected chi connectivity index (χ3v) is 7.53. The zero-order valence-electron chi connectivity index (χ0n) is 19.6. The Kier molecular flexibility index (Phi) is 5.86. The van der Waals surface area contributed by atoms with E-state index in [0.717, 1.165) is 11.1 Å². The highest BCUT2D eigenvalue weighted by molar-refractivity contribution is 6.31. The van der Waals surface area contributed by atoms with Crippen molar-refractivity contribution in [3.05, 3.63) is 130 Å². The lowest BCUT2D eigenvalue weighted by Gasteiger charge is -2.38. The van der Waals surface area contributed by atoms with Crippen LogP contribution < -0.4 is 10.1 Å². The molecular weight excluding hydrogens is 505 g/mol. The van der Waals surface area contributed by atoms with Gasteiger partial charge in [-0.05, 0) is 53.6 Å². The van der Waals surface area contributed by atoms with E-state index in [1.165, 1.54) is 0 Å². The van der Waals surface area contributed by atoms with Gasteiger partial charge >= 0.3 is 0 Å². The van der Waals surface area contributed by atoms with Crippen molar-refractivity contribution in [2.75, 3.05) is 5.32 Å². The van der Waals surface area contributed by atoms with Crippen molar-refractivity contribution in [2.24, 2.45) is 0 Å². The molecule has 182 valence electrons. The number of carbonyl (C=O) groups is 2. The minimum absolute atomic E-state index is 0.0741.